The Morgan fingerprint density at radius 3 is 2.68 bits per heavy atom. The largest absolute Gasteiger partial charge is 0.398 e. The number of aryl methyl sites for hydroxylation is 1. The van der Waals surface area contributed by atoms with Gasteiger partial charge in [0.1, 0.15) is 0 Å². The van der Waals surface area contributed by atoms with Gasteiger partial charge in [0.2, 0.25) is 5.91 Å². The van der Waals surface area contributed by atoms with Gasteiger partial charge >= 0.3 is 0 Å². The summed E-state index contributed by atoms with van der Waals surface area (Å²) in [6, 6.07) is 5.74. The monoisotopic (exact) mass is 261 g/mol. The van der Waals surface area contributed by atoms with Crippen LogP contribution < -0.4 is 11.1 Å². The van der Waals surface area contributed by atoms with Gasteiger partial charge in [-0.3, -0.25) is 9.69 Å². The zero-order chi connectivity index (χ0) is 13.7. The average Bonchev–Trinajstić information content (AvgIpc) is 2.40. The predicted octanol–water partition coefficient (Wildman–Crippen LogP) is 2.26. The van der Waals surface area contributed by atoms with Crippen LogP contribution in [0.3, 0.4) is 0 Å². The lowest BCUT2D eigenvalue weighted by atomic mass is 10.1. The Labute approximate surface area is 115 Å². The summed E-state index contributed by atoms with van der Waals surface area (Å²) < 4.78 is 0. The van der Waals surface area contributed by atoms with Crippen LogP contribution in [0.15, 0.2) is 18.2 Å². The number of nitrogen functional groups attached to an aromatic ring is 1. The maximum atomic E-state index is 12.0. The lowest BCUT2D eigenvalue weighted by Crippen LogP contribution is -2.36. The van der Waals surface area contributed by atoms with Gasteiger partial charge in [0.25, 0.3) is 0 Å². The van der Waals surface area contributed by atoms with E-state index in [1.165, 1.54) is 19.3 Å². The molecule has 4 heteroatoms. The molecule has 19 heavy (non-hydrogen) atoms. The van der Waals surface area contributed by atoms with E-state index in [1.807, 2.05) is 18.2 Å². The van der Waals surface area contributed by atoms with E-state index in [4.69, 9.17) is 5.73 Å². The molecule has 3 N–H and O–H groups in total. The van der Waals surface area contributed by atoms with Gasteiger partial charge in [0.15, 0.2) is 0 Å². The van der Waals surface area contributed by atoms with E-state index in [9.17, 15) is 4.79 Å². The highest BCUT2D eigenvalue weighted by Crippen LogP contribution is 2.18. The molecular formula is C15H23N3O. The first-order chi connectivity index (χ1) is 9.19. The first kappa shape index (κ1) is 13.9. The van der Waals surface area contributed by atoms with E-state index in [1.54, 1.807) is 0 Å². The van der Waals surface area contributed by atoms with Crippen molar-refractivity contribution in [3.8, 4) is 0 Å². The smallest absolute Gasteiger partial charge is 0.238 e. The van der Waals surface area contributed by atoms with Crippen LogP contribution in [-0.2, 0) is 11.2 Å². The van der Waals surface area contributed by atoms with Gasteiger partial charge < -0.3 is 11.1 Å². The number of likely N-dealkylation sites (tertiary alicyclic amines) is 1. The van der Waals surface area contributed by atoms with Crippen LogP contribution in [0.25, 0.3) is 0 Å². The number of carbonyl (C=O) groups is 1. The predicted molar refractivity (Wildman–Crippen MR) is 79.2 cm³/mol. The van der Waals surface area contributed by atoms with Crippen LogP contribution in [-0.4, -0.2) is 30.4 Å². The van der Waals surface area contributed by atoms with E-state index in [-0.39, 0.29) is 5.91 Å². The number of carbonyl (C=O) groups excluding carboxylic acids is 1. The maximum absolute atomic E-state index is 12.0. The van der Waals surface area contributed by atoms with Crippen molar-refractivity contribution in [2.24, 2.45) is 0 Å². The van der Waals surface area contributed by atoms with Crippen LogP contribution in [0.1, 0.15) is 31.7 Å². The molecule has 1 fully saturated rings. The lowest BCUT2D eigenvalue weighted by molar-refractivity contribution is -0.117. The van der Waals surface area contributed by atoms with Gasteiger partial charge in [0.05, 0.1) is 6.54 Å². The summed E-state index contributed by atoms with van der Waals surface area (Å²) in [6.07, 6.45) is 4.60. The van der Waals surface area contributed by atoms with E-state index in [0.29, 0.717) is 6.54 Å². The van der Waals surface area contributed by atoms with Crippen molar-refractivity contribution in [2.75, 3.05) is 30.7 Å². The second kappa shape index (κ2) is 6.57. The quantitative estimate of drug-likeness (QED) is 0.817. The molecule has 1 aliphatic rings. The molecule has 1 aromatic carbocycles. The highest BCUT2D eigenvalue weighted by atomic mass is 16.2. The van der Waals surface area contributed by atoms with E-state index in [2.05, 4.69) is 17.1 Å². The summed E-state index contributed by atoms with van der Waals surface area (Å²) in [5, 5.41) is 2.92. The molecule has 0 spiro atoms. The molecule has 2 rings (SSSR count). The molecule has 1 aliphatic heterocycles. The van der Waals surface area contributed by atoms with Crippen LogP contribution in [0, 0.1) is 0 Å². The van der Waals surface area contributed by atoms with Gasteiger partial charge in [-0.1, -0.05) is 19.4 Å². The first-order valence-electron chi connectivity index (χ1n) is 7.09. The van der Waals surface area contributed by atoms with Crippen molar-refractivity contribution < 1.29 is 4.79 Å². The molecule has 0 aromatic heterocycles. The summed E-state index contributed by atoms with van der Waals surface area (Å²) >= 11 is 0. The fraction of sp³-hybridized carbons (Fsp3) is 0.533. The number of hydrogen-bond donors (Lipinski definition) is 2. The third-order valence-corrected chi connectivity index (χ3v) is 3.63. The molecule has 0 atom stereocenters. The maximum Gasteiger partial charge on any atom is 0.238 e. The Hall–Kier alpha value is -1.55. The van der Waals surface area contributed by atoms with Gasteiger partial charge in [-0.05, 0) is 50.0 Å². The van der Waals surface area contributed by atoms with E-state index >= 15 is 0 Å². The number of nitrogens with one attached hydrogen (secondary N) is 1. The number of hydrogen-bond acceptors (Lipinski definition) is 3. The number of nitrogens with two attached hydrogens (primary N) is 1. The van der Waals surface area contributed by atoms with Crippen molar-refractivity contribution in [3.05, 3.63) is 23.8 Å². The third kappa shape index (κ3) is 3.96. The third-order valence-electron chi connectivity index (χ3n) is 3.63. The average molecular weight is 261 g/mol. The van der Waals surface area contributed by atoms with Gasteiger partial charge in [-0.2, -0.15) is 0 Å². The molecular weight excluding hydrogens is 238 g/mol. The van der Waals surface area contributed by atoms with Gasteiger partial charge in [0, 0.05) is 11.4 Å². The highest BCUT2D eigenvalue weighted by Gasteiger charge is 2.13. The Bertz CT molecular complexity index is 439. The minimum Gasteiger partial charge on any atom is -0.398 e. The summed E-state index contributed by atoms with van der Waals surface area (Å²) in [7, 11) is 0. The molecule has 1 aromatic rings. The Morgan fingerprint density at radius 2 is 2.05 bits per heavy atom. The topological polar surface area (TPSA) is 58.4 Å². The summed E-state index contributed by atoms with van der Waals surface area (Å²) in [6.45, 7) is 4.62. The van der Waals surface area contributed by atoms with Crippen molar-refractivity contribution in [1.82, 2.24) is 4.90 Å². The Morgan fingerprint density at radius 1 is 1.32 bits per heavy atom. The fourth-order valence-corrected chi connectivity index (χ4v) is 2.52. The molecule has 104 valence electrons. The van der Waals surface area contributed by atoms with Crippen molar-refractivity contribution >= 4 is 17.3 Å². The van der Waals surface area contributed by atoms with Crippen molar-refractivity contribution in [2.45, 2.75) is 32.6 Å². The minimum atomic E-state index is 0.0468. The lowest BCUT2D eigenvalue weighted by Gasteiger charge is -2.25. The second-order valence-corrected chi connectivity index (χ2v) is 5.15. The number of benzene rings is 1. The van der Waals surface area contributed by atoms with E-state index in [0.717, 1.165) is 36.4 Å². The molecule has 0 bridgehead atoms. The van der Waals surface area contributed by atoms with Crippen LogP contribution in [0.5, 0.6) is 0 Å². The van der Waals surface area contributed by atoms with E-state index < -0.39 is 0 Å². The fourth-order valence-electron chi connectivity index (χ4n) is 2.52. The van der Waals surface area contributed by atoms with Crippen LogP contribution in [0.4, 0.5) is 11.4 Å². The summed E-state index contributed by atoms with van der Waals surface area (Å²) in [4.78, 5) is 14.2. The SMILES string of the molecule is CCc1ccc(NC(=O)CN2CCCCC2)cc1N. The number of rotatable bonds is 4. The van der Waals surface area contributed by atoms with Crippen molar-refractivity contribution in [1.29, 1.82) is 0 Å². The molecule has 4 nitrogen and oxygen atoms in total. The molecule has 0 saturated carbocycles. The zero-order valence-electron chi connectivity index (χ0n) is 11.6. The zero-order valence-corrected chi connectivity index (χ0v) is 11.6. The van der Waals surface area contributed by atoms with Gasteiger partial charge in [-0.25, -0.2) is 0 Å². The standard InChI is InChI=1S/C15H23N3O/c1-2-12-6-7-13(10-14(12)16)17-15(19)11-18-8-4-3-5-9-18/h6-7,10H,2-5,8-9,11,16H2,1H3,(H,17,19). The van der Waals surface area contributed by atoms with Crippen LogP contribution >= 0.6 is 0 Å². The number of piperidine rings is 1. The molecule has 0 aliphatic carbocycles. The molecule has 0 unspecified atom stereocenters. The summed E-state index contributed by atoms with van der Waals surface area (Å²) in [5.41, 5.74) is 8.59. The Kier molecular flexibility index (Phi) is 4.80. The molecule has 0 radical (unpaired) electrons. The second-order valence-electron chi connectivity index (χ2n) is 5.15. The minimum absolute atomic E-state index is 0.0468. The molecule has 1 saturated heterocycles. The number of amides is 1. The van der Waals surface area contributed by atoms with Crippen molar-refractivity contribution in [3.63, 3.8) is 0 Å². The normalized spacial score (nSPS) is 16.3. The first-order valence-corrected chi connectivity index (χ1v) is 7.09. The van der Waals surface area contributed by atoms with Crippen LogP contribution in [0.2, 0.25) is 0 Å². The summed E-state index contributed by atoms with van der Waals surface area (Å²) in [5.74, 6) is 0.0468. The molecule has 1 amide bonds. The molecule has 1 heterocycles. The van der Waals surface area contributed by atoms with Gasteiger partial charge in [-0.15, -0.1) is 0 Å². The Balaban J connectivity index is 1.89. The number of nitrogens with zero attached hydrogens (tertiary/aromatic N) is 1. The number of anilines is 2. The highest BCUT2D eigenvalue weighted by molar-refractivity contribution is 5.92.